The van der Waals surface area contributed by atoms with Crippen molar-refractivity contribution < 1.29 is 0 Å². The topological polar surface area (TPSA) is 68.8 Å². The van der Waals surface area contributed by atoms with Gasteiger partial charge in [0.2, 0.25) is 5.95 Å². The van der Waals surface area contributed by atoms with Gasteiger partial charge in [0.15, 0.2) is 5.16 Å². The number of aryl methyl sites for hydroxylation is 1. The summed E-state index contributed by atoms with van der Waals surface area (Å²) in [4.78, 5) is 0. The Morgan fingerprint density at radius 2 is 2.17 bits per heavy atom. The van der Waals surface area contributed by atoms with Crippen molar-refractivity contribution >= 4 is 30.1 Å². The number of benzene rings is 1. The van der Waals surface area contributed by atoms with Crippen LogP contribution in [0.1, 0.15) is 36.4 Å². The van der Waals surface area contributed by atoms with E-state index in [9.17, 15) is 0 Å². The zero-order valence-electron chi connectivity index (χ0n) is 13.4. The number of hydrogen-bond acceptors (Lipinski definition) is 5. The van der Waals surface area contributed by atoms with E-state index in [2.05, 4.69) is 39.8 Å². The molecule has 0 saturated heterocycles. The van der Waals surface area contributed by atoms with Crippen LogP contribution in [-0.4, -0.2) is 27.1 Å². The van der Waals surface area contributed by atoms with Gasteiger partial charge >= 0.3 is 0 Å². The summed E-state index contributed by atoms with van der Waals surface area (Å²) in [6, 6.07) is 9.33. The quantitative estimate of drug-likeness (QED) is 0.617. The number of hydrogen-bond donors (Lipinski definition) is 2. The Morgan fingerprint density at radius 1 is 1.35 bits per heavy atom. The van der Waals surface area contributed by atoms with Gasteiger partial charge in [-0.3, -0.25) is 4.57 Å². The molecule has 7 heteroatoms. The summed E-state index contributed by atoms with van der Waals surface area (Å²) >= 11 is 1.71. The van der Waals surface area contributed by atoms with E-state index in [1.165, 1.54) is 30.4 Å². The van der Waals surface area contributed by atoms with Gasteiger partial charge in [0.25, 0.3) is 0 Å². The molecular weight excluding hydrogens is 330 g/mol. The van der Waals surface area contributed by atoms with E-state index < -0.39 is 0 Å². The summed E-state index contributed by atoms with van der Waals surface area (Å²) in [6.07, 6.45) is 4.85. The normalized spacial score (nSPS) is 16.7. The van der Waals surface area contributed by atoms with Gasteiger partial charge in [-0.1, -0.05) is 36.0 Å². The number of aromatic nitrogens is 3. The zero-order chi connectivity index (χ0) is 15.4. The standard InChI is InChI=1S/C16H23N5S.ClH/c1-21-15(17)19-20-16(21)22-11-5-10-18-14-9-4-7-12-6-2-3-8-13(12)14;/h2-3,6,8,14,18H,4-5,7,9-11H2,1H3,(H2,17,19);1H. The Balaban J connectivity index is 0.00000192. The number of anilines is 1. The molecule has 1 aliphatic rings. The summed E-state index contributed by atoms with van der Waals surface area (Å²) in [6.45, 7) is 1.03. The Bertz CT molecular complexity index is 631. The molecule has 0 spiro atoms. The summed E-state index contributed by atoms with van der Waals surface area (Å²) in [5.74, 6) is 1.49. The molecular formula is C16H24ClN5S. The lowest BCUT2D eigenvalue weighted by Gasteiger charge is -2.26. The molecule has 0 aliphatic heterocycles. The molecule has 1 aromatic heterocycles. The van der Waals surface area contributed by atoms with Gasteiger partial charge in [-0.25, -0.2) is 0 Å². The molecule has 3 rings (SSSR count). The average Bonchev–Trinajstić information content (AvgIpc) is 2.87. The molecule has 5 nitrogen and oxygen atoms in total. The van der Waals surface area contributed by atoms with E-state index in [1.54, 1.807) is 11.8 Å². The fraction of sp³-hybridized carbons (Fsp3) is 0.500. The summed E-state index contributed by atoms with van der Waals surface area (Å²) in [7, 11) is 1.90. The van der Waals surface area contributed by atoms with Crippen LogP contribution in [0, 0.1) is 0 Å². The molecule has 0 amide bonds. The second-order valence-corrected chi connectivity index (χ2v) is 6.76. The van der Waals surface area contributed by atoms with Crippen molar-refractivity contribution in [2.45, 2.75) is 36.9 Å². The van der Waals surface area contributed by atoms with Crippen molar-refractivity contribution in [2.24, 2.45) is 7.05 Å². The SMILES string of the molecule is Cl.Cn1c(N)nnc1SCCCNC1CCCc2ccccc21. The van der Waals surface area contributed by atoms with Crippen molar-refractivity contribution in [2.75, 3.05) is 18.0 Å². The first kappa shape index (κ1) is 18.1. The predicted molar refractivity (Wildman–Crippen MR) is 98.1 cm³/mol. The number of nitrogen functional groups attached to an aromatic ring is 1. The van der Waals surface area contributed by atoms with Crippen LogP contribution >= 0.6 is 24.2 Å². The highest BCUT2D eigenvalue weighted by Gasteiger charge is 2.18. The first-order chi connectivity index (χ1) is 10.8. The Labute approximate surface area is 147 Å². The highest BCUT2D eigenvalue weighted by Crippen LogP contribution is 2.29. The van der Waals surface area contributed by atoms with E-state index in [4.69, 9.17) is 5.73 Å². The molecule has 126 valence electrons. The second kappa shape index (κ2) is 8.57. The fourth-order valence-corrected chi connectivity index (χ4v) is 3.79. The van der Waals surface area contributed by atoms with Crippen LogP contribution in [0.2, 0.25) is 0 Å². The molecule has 1 atom stereocenters. The van der Waals surface area contributed by atoms with E-state index in [0.717, 1.165) is 23.9 Å². The van der Waals surface area contributed by atoms with Crippen LogP contribution in [0.25, 0.3) is 0 Å². The lowest BCUT2D eigenvalue weighted by atomic mass is 9.88. The van der Waals surface area contributed by atoms with Gasteiger partial charge in [-0.2, -0.15) is 0 Å². The molecule has 23 heavy (non-hydrogen) atoms. The third-order valence-corrected chi connectivity index (χ3v) is 5.29. The van der Waals surface area contributed by atoms with Gasteiger partial charge in [-0.15, -0.1) is 22.6 Å². The average molecular weight is 354 g/mol. The Hall–Kier alpha value is -1.24. The zero-order valence-corrected chi connectivity index (χ0v) is 15.0. The van der Waals surface area contributed by atoms with Crippen LogP contribution in [0.5, 0.6) is 0 Å². The molecule has 3 N–H and O–H groups in total. The molecule has 1 aromatic carbocycles. The lowest BCUT2D eigenvalue weighted by Crippen LogP contribution is -2.26. The first-order valence-electron chi connectivity index (χ1n) is 7.84. The van der Waals surface area contributed by atoms with Crippen LogP contribution < -0.4 is 11.1 Å². The molecule has 0 bridgehead atoms. The van der Waals surface area contributed by atoms with Gasteiger partial charge in [0, 0.05) is 18.8 Å². The number of nitrogens with two attached hydrogens (primary N) is 1. The monoisotopic (exact) mass is 353 g/mol. The minimum absolute atomic E-state index is 0. The minimum Gasteiger partial charge on any atom is -0.368 e. The highest BCUT2D eigenvalue weighted by molar-refractivity contribution is 7.99. The molecule has 2 aromatic rings. The smallest absolute Gasteiger partial charge is 0.222 e. The van der Waals surface area contributed by atoms with Crippen LogP contribution in [0.15, 0.2) is 29.4 Å². The maximum Gasteiger partial charge on any atom is 0.222 e. The van der Waals surface area contributed by atoms with Gasteiger partial charge in [0.05, 0.1) is 0 Å². The number of nitrogens with zero attached hydrogens (tertiary/aromatic N) is 3. The second-order valence-electron chi connectivity index (χ2n) is 5.70. The van der Waals surface area contributed by atoms with Crippen molar-refractivity contribution in [1.82, 2.24) is 20.1 Å². The fourth-order valence-electron chi connectivity index (χ4n) is 2.93. The third-order valence-electron chi connectivity index (χ3n) is 4.18. The van der Waals surface area contributed by atoms with Crippen molar-refractivity contribution in [3.05, 3.63) is 35.4 Å². The van der Waals surface area contributed by atoms with E-state index in [-0.39, 0.29) is 12.4 Å². The first-order valence-corrected chi connectivity index (χ1v) is 8.83. The molecule has 0 radical (unpaired) electrons. The van der Waals surface area contributed by atoms with Crippen LogP contribution in [0.3, 0.4) is 0 Å². The third kappa shape index (κ3) is 4.40. The number of halogens is 1. The minimum atomic E-state index is 0. The number of fused-ring (bicyclic) bond motifs is 1. The highest BCUT2D eigenvalue weighted by atomic mass is 35.5. The van der Waals surface area contributed by atoms with Crippen molar-refractivity contribution in [3.63, 3.8) is 0 Å². The van der Waals surface area contributed by atoms with Gasteiger partial charge in [-0.05, 0) is 43.4 Å². The number of thioether (sulfide) groups is 1. The summed E-state index contributed by atoms with van der Waals surface area (Å²) < 4.78 is 1.83. The molecule has 1 heterocycles. The largest absolute Gasteiger partial charge is 0.368 e. The lowest BCUT2D eigenvalue weighted by molar-refractivity contribution is 0.461. The molecule has 0 fully saturated rings. The number of nitrogens with one attached hydrogen (secondary N) is 1. The van der Waals surface area contributed by atoms with Crippen LogP contribution in [0.4, 0.5) is 5.95 Å². The molecule has 1 unspecified atom stereocenters. The maximum absolute atomic E-state index is 5.68. The van der Waals surface area contributed by atoms with Crippen molar-refractivity contribution in [3.8, 4) is 0 Å². The predicted octanol–water partition coefficient (Wildman–Crippen LogP) is 2.97. The number of rotatable bonds is 6. The Kier molecular flexibility index (Phi) is 6.74. The van der Waals surface area contributed by atoms with E-state index >= 15 is 0 Å². The summed E-state index contributed by atoms with van der Waals surface area (Å²) in [5.41, 5.74) is 8.68. The summed E-state index contributed by atoms with van der Waals surface area (Å²) in [5, 5.41) is 12.5. The van der Waals surface area contributed by atoms with Gasteiger partial charge < -0.3 is 11.1 Å². The van der Waals surface area contributed by atoms with Crippen LogP contribution in [-0.2, 0) is 13.5 Å². The van der Waals surface area contributed by atoms with E-state index in [0.29, 0.717) is 12.0 Å². The molecule has 1 aliphatic carbocycles. The Morgan fingerprint density at radius 3 is 2.96 bits per heavy atom. The van der Waals surface area contributed by atoms with Crippen molar-refractivity contribution in [1.29, 1.82) is 0 Å². The molecule has 0 saturated carbocycles. The van der Waals surface area contributed by atoms with Gasteiger partial charge in [0.1, 0.15) is 0 Å². The maximum atomic E-state index is 5.68. The van der Waals surface area contributed by atoms with E-state index in [1.807, 2.05) is 11.6 Å².